The lowest BCUT2D eigenvalue weighted by Gasteiger charge is -2.11. The van der Waals surface area contributed by atoms with E-state index in [1.54, 1.807) is 43.3 Å². The van der Waals surface area contributed by atoms with Gasteiger partial charge in [-0.1, -0.05) is 11.6 Å². The number of hydrogen-bond donors (Lipinski definition) is 0. The largest absolute Gasteiger partial charge is 0.456 e. The van der Waals surface area contributed by atoms with Crippen LogP contribution in [-0.2, 0) is 9.53 Å². The van der Waals surface area contributed by atoms with E-state index in [2.05, 4.69) is 0 Å². The summed E-state index contributed by atoms with van der Waals surface area (Å²) in [5.41, 5.74) is 0.390. The Morgan fingerprint density at radius 2 is 1.76 bits per heavy atom. The third-order valence-electron chi connectivity index (χ3n) is 3.20. The van der Waals surface area contributed by atoms with Gasteiger partial charge in [0.2, 0.25) is 0 Å². The molecule has 0 saturated carbocycles. The average Bonchev–Trinajstić information content (AvgIpc) is 2.60. The highest BCUT2D eigenvalue weighted by Gasteiger charge is 2.18. The topological polar surface area (TPSA) is 86.5 Å². The van der Waals surface area contributed by atoms with Crippen molar-refractivity contribution in [2.75, 3.05) is 6.61 Å². The number of halogens is 1. The molecule has 25 heavy (non-hydrogen) atoms. The Labute approximate surface area is 153 Å². The summed E-state index contributed by atoms with van der Waals surface area (Å²) in [5.74, 6) is -0.858. The van der Waals surface area contributed by atoms with E-state index in [0.717, 1.165) is 0 Å². The van der Waals surface area contributed by atoms with Crippen LogP contribution in [0.5, 0.6) is 0 Å². The minimum Gasteiger partial charge on any atom is -0.456 e. The summed E-state index contributed by atoms with van der Waals surface area (Å²) >= 11 is 6.95. The van der Waals surface area contributed by atoms with Crippen molar-refractivity contribution in [2.24, 2.45) is 0 Å². The van der Waals surface area contributed by atoms with Gasteiger partial charge in [-0.3, -0.25) is 19.7 Å². The molecular weight excluding hydrogens is 366 g/mol. The van der Waals surface area contributed by atoms with Gasteiger partial charge in [-0.25, -0.2) is 0 Å². The van der Waals surface area contributed by atoms with E-state index < -0.39 is 16.1 Å². The number of nitro groups is 1. The molecule has 0 heterocycles. The quantitative estimate of drug-likeness (QED) is 0.236. The molecule has 0 aliphatic carbocycles. The van der Waals surface area contributed by atoms with E-state index in [9.17, 15) is 19.7 Å². The fraction of sp³-hybridized carbons (Fsp3) is 0.176. The number of ketones is 1. The van der Waals surface area contributed by atoms with Crippen molar-refractivity contribution in [1.82, 2.24) is 0 Å². The Kier molecular flexibility index (Phi) is 6.55. The first-order valence-electron chi connectivity index (χ1n) is 7.23. The van der Waals surface area contributed by atoms with Gasteiger partial charge in [-0.05, 0) is 43.3 Å². The highest BCUT2D eigenvalue weighted by molar-refractivity contribution is 8.00. The van der Waals surface area contributed by atoms with E-state index >= 15 is 0 Å². The lowest BCUT2D eigenvalue weighted by molar-refractivity contribution is -0.384. The normalized spacial score (nSPS) is 11.6. The molecule has 8 heteroatoms. The molecule has 0 spiro atoms. The van der Waals surface area contributed by atoms with E-state index in [4.69, 9.17) is 16.3 Å². The maximum absolute atomic E-state index is 12.0. The molecule has 6 nitrogen and oxygen atoms in total. The molecule has 0 radical (unpaired) electrons. The van der Waals surface area contributed by atoms with Gasteiger partial charge in [-0.2, -0.15) is 0 Å². The first kappa shape index (κ1) is 19.0. The van der Waals surface area contributed by atoms with Gasteiger partial charge in [0.1, 0.15) is 5.25 Å². The highest BCUT2D eigenvalue weighted by Crippen LogP contribution is 2.26. The number of hydrogen-bond acceptors (Lipinski definition) is 6. The summed E-state index contributed by atoms with van der Waals surface area (Å²) in [6.45, 7) is 1.28. The summed E-state index contributed by atoms with van der Waals surface area (Å²) in [6.07, 6.45) is 0. The second-order valence-corrected chi connectivity index (χ2v) is 6.90. The van der Waals surface area contributed by atoms with Crippen molar-refractivity contribution in [3.63, 3.8) is 0 Å². The molecule has 2 rings (SSSR count). The zero-order valence-electron chi connectivity index (χ0n) is 13.2. The minimum absolute atomic E-state index is 0.0202. The number of esters is 1. The number of ether oxygens (including phenoxy) is 1. The maximum atomic E-state index is 12.0. The first-order chi connectivity index (χ1) is 11.9. The fourth-order valence-corrected chi connectivity index (χ4v) is 2.86. The van der Waals surface area contributed by atoms with Crippen molar-refractivity contribution in [1.29, 1.82) is 0 Å². The van der Waals surface area contributed by atoms with E-state index in [-0.39, 0.29) is 18.1 Å². The second kappa shape index (κ2) is 8.64. The molecule has 0 fully saturated rings. The predicted molar refractivity (Wildman–Crippen MR) is 95.2 cm³/mol. The standard InChI is InChI=1S/C17H14ClNO5S/c1-11(25-15-8-6-14(7-9-15)19(22)23)17(21)24-10-16(20)12-2-4-13(18)5-3-12/h2-9,11H,10H2,1H3/t11-/m1/s1. The molecule has 2 aromatic carbocycles. The van der Waals surface area contributed by atoms with Gasteiger partial charge in [0.25, 0.3) is 5.69 Å². The van der Waals surface area contributed by atoms with Crippen LogP contribution in [-0.4, -0.2) is 28.5 Å². The molecule has 0 amide bonds. The lowest BCUT2D eigenvalue weighted by atomic mass is 10.1. The second-order valence-electron chi connectivity index (χ2n) is 5.05. The van der Waals surface area contributed by atoms with Crippen LogP contribution in [0.15, 0.2) is 53.4 Å². The fourth-order valence-electron chi connectivity index (χ4n) is 1.87. The van der Waals surface area contributed by atoms with Gasteiger partial charge >= 0.3 is 5.97 Å². The van der Waals surface area contributed by atoms with Crippen molar-refractivity contribution in [2.45, 2.75) is 17.1 Å². The van der Waals surface area contributed by atoms with Crippen molar-refractivity contribution < 1.29 is 19.2 Å². The summed E-state index contributed by atoms with van der Waals surface area (Å²) in [5, 5.41) is 10.6. The summed E-state index contributed by atoms with van der Waals surface area (Å²) in [7, 11) is 0. The van der Waals surface area contributed by atoms with E-state index in [0.29, 0.717) is 15.5 Å². The molecule has 2 aromatic rings. The van der Waals surface area contributed by atoms with Crippen LogP contribution in [0.3, 0.4) is 0 Å². The van der Waals surface area contributed by atoms with Crippen molar-refractivity contribution in [3.05, 3.63) is 69.2 Å². The smallest absolute Gasteiger partial charge is 0.319 e. The molecule has 0 aliphatic heterocycles. The van der Waals surface area contributed by atoms with Crippen LogP contribution >= 0.6 is 23.4 Å². The number of non-ortho nitro benzene ring substituents is 1. The van der Waals surface area contributed by atoms with Gasteiger partial charge in [0.05, 0.1) is 4.92 Å². The summed E-state index contributed by atoms with van der Waals surface area (Å²) < 4.78 is 5.03. The Balaban J connectivity index is 1.86. The maximum Gasteiger partial charge on any atom is 0.319 e. The number of nitro benzene ring substituents is 1. The molecule has 0 aromatic heterocycles. The summed E-state index contributed by atoms with van der Waals surface area (Å²) in [6, 6.07) is 12.2. The van der Waals surface area contributed by atoms with Gasteiger partial charge in [0, 0.05) is 27.6 Å². The number of nitrogens with zero attached hydrogens (tertiary/aromatic N) is 1. The Morgan fingerprint density at radius 1 is 1.16 bits per heavy atom. The molecule has 130 valence electrons. The third kappa shape index (κ3) is 5.58. The number of carbonyl (C=O) groups is 2. The number of carbonyl (C=O) groups excluding carboxylic acids is 2. The van der Waals surface area contributed by atoms with Crippen LogP contribution in [0.1, 0.15) is 17.3 Å². The number of rotatable bonds is 7. The third-order valence-corrected chi connectivity index (χ3v) is 4.55. The van der Waals surface area contributed by atoms with Crippen LogP contribution in [0.25, 0.3) is 0 Å². The van der Waals surface area contributed by atoms with Crippen LogP contribution in [0.2, 0.25) is 5.02 Å². The first-order valence-corrected chi connectivity index (χ1v) is 8.49. The monoisotopic (exact) mass is 379 g/mol. The molecule has 1 atom stereocenters. The molecule has 0 saturated heterocycles. The molecular formula is C17H14ClNO5S. The van der Waals surface area contributed by atoms with Crippen molar-refractivity contribution in [3.8, 4) is 0 Å². The van der Waals surface area contributed by atoms with E-state index in [1.165, 1.54) is 23.9 Å². The molecule has 0 aliphatic rings. The van der Waals surface area contributed by atoms with Crippen LogP contribution < -0.4 is 0 Å². The minimum atomic E-state index is -0.556. The van der Waals surface area contributed by atoms with Gasteiger partial charge in [0.15, 0.2) is 12.4 Å². The lowest BCUT2D eigenvalue weighted by Crippen LogP contribution is -2.21. The number of Topliss-reactive ketones (excluding diaryl/α,β-unsaturated/α-hetero) is 1. The zero-order valence-corrected chi connectivity index (χ0v) is 14.8. The van der Waals surface area contributed by atoms with E-state index in [1.807, 2.05) is 0 Å². The zero-order chi connectivity index (χ0) is 18.4. The Bertz CT molecular complexity index is 777. The average molecular weight is 380 g/mol. The predicted octanol–water partition coefficient (Wildman–Crippen LogP) is 4.15. The number of benzene rings is 2. The Hall–Kier alpha value is -2.38. The van der Waals surface area contributed by atoms with Crippen molar-refractivity contribution >= 4 is 40.8 Å². The number of thioether (sulfide) groups is 1. The molecule has 0 bridgehead atoms. The van der Waals surface area contributed by atoms with Gasteiger partial charge < -0.3 is 4.74 Å². The Morgan fingerprint density at radius 3 is 2.32 bits per heavy atom. The van der Waals surface area contributed by atoms with Crippen LogP contribution in [0.4, 0.5) is 5.69 Å². The molecule has 0 N–H and O–H groups in total. The summed E-state index contributed by atoms with van der Waals surface area (Å²) in [4.78, 5) is 34.8. The molecule has 0 unspecified atom stereocenters. The SMILES string of the molecule is C[C@@H](Sc1ccc([N+](=O)[O-])cc1)C(=O)OCC(=O)c1ccc(Cl)cc1. The highest BCUT2D eigenvalue weighted by atomic mass is 35.5. The van der Waals surface area contributed by atoms with Gasteiger partial charge in [-0.15, -0.1) is 11.8 Å². The van der Waals surface area contributed by atoms with Crippen LogP contribution in [0, 0.1) is 10.1 Å².